The Balaban J connectivity index is 0. The molecule has 2 aliphatic carbocycles. The van der Waals surface area contributed by atoms with E-state index in [2.05, 4.69) is 41.5 Å². The third-order valence-electron chi connectivity index (χ3n) is 8.11. The maximum absolute atomic E-state index is 9.58. The summed E-state index contributed by atoms with van der Waals surface area (Å²) in [6.45, 7) is 25.1. The third kappa shape index (κ3) is 5.96. The van der Waals surface area contributed by atoms with E-state index in [9.17, 15) is 10.2 Å². The highest BCUT2D eigenvalue weighted by Gasteiger charge is 2.48. The van der Waals surface area contributed by atoms with Gasteiger partial charge in [0.15, 0.2) is 0 Å². The Morgan fingerprint density at radius 3 is 0.846 bits per heavy atom. The first-order valence-electron chi connectivity index (χ1n) is 11.2. The van der Waals surface area contributed by atoms with Crippen LogP contribution in [0.5, 0.6) is 0 Å². The zero-order valence-corrected chi connectivity index (χ0v) is 20.3. The Labute approximate surface area is 166 Å². The molecule has 2 heteroatoms. The summed E-state index contributed by atoms with van der Waals surface area (Å²) in [4.78, 5) is 0. The standard InChI is InChI=1S/2C10H20O.2C2H6/c2*1-8(11)9(2,3)10(4)6-5-7-10;2*1-2/h2*8,11H,5-7H2,1-4H3;2*1-2H3/t2*8-;;/m10../s1. The van der Waals surface area contributed by atoms with Gasteiger partial charge in [-0.15, -0.1) is 0 Å². The molecule has 0 aromatic rings. The van der Waals surface area contributed by atoms with Gasteiger partial charge in [-0.25, -0.2) is 0 Å². The lowest BCUT2D eigenvalue weighted by Crippen LogP contribution is -2.47. The number of rotatable bonds is 4. The number of hydrogen-bond donors (Lipinski definition) is 2. The summed E-state index contributed by atoms with van der Waals surface area (Å²) in [6.07, 6.45) is 7.44. The van der Waals surface area contributed by atoms with Crippen LogP contribution in [0.2, 0.25) is 0 Å². The van der Waals surface area contributed by atoms with Gasteiger partial charge in [0.05, 0.1) is 12.2 Å². The lowest BCUT2D eigenvalue weighted by atomic mass is 9.54. The van der Waals surface area contributed by atoms with Crippen LogP contribution in [0, 0.1) is 21.7 Å². The van der Waals surface area contributed by atoms with Crippen molar-refractivity contribution >= 4 is 0 Å². The van der Waals surface area contributed by atoms with E-state index in [-0.39, 0.29) is 23.0 Å². The Morgan fingerprint density at radius 2 is 0.808 bits per heavy atom. The molecule has 0 bridgehead atoms. The molecule has 2 saturated carbocycles. The van der Waals surface area contributed by atoms with E-state index in [0.29, 0.717) is 10.8 Å². The summed E-state index contributed by atoms with van der Waals surface area (Å²) in [7, 11) is 0. The second-order valence-corrected chi connectivity index (χ2v) is 9.62. The van der Waals surface area contributed by atoms with Gasteiger partial charge in [-0.3, -0.25) is 0 Å². The summed E-state index contributed by atoms with van der Waals surface area (Å²) >= 11 is 0. The monoisotopic (exact) mass is 372 g/mol. The van der Waals surface area contributed by atoms with Crippen LogP contribution in [0.3, 0.4) is 0 Å². The van der Waals surface area contributed by atoms with Gasteiger partial charge in [-0.1, -0.05) is 82.1 Å². The summed E-state index contributed by atoms with van der Waals surface area (Å²) < 4.78 is 0. The fourth-order valence-electron chi connectivity index (χ4n) is 3.71. The van der Waals surface area contributed by atoms with Gasteiger partial charge in [0.1, 0.15) is 0 Å². The van der Waals surface area contributed by atoms with Crippen molar-refractivity contribution in [2.24, 2.45) is 21.7 Å². The van der Waals surface area contributed by atoms with Gasteiger partial charge >= 0.3 is 0 Å². The lowest BCUT2D eigenvalue weighted by Gasteiger charge is -2.52. The van der Waals surface area contributed by atoms with Crippen molar-refractivity contribution in [3.05, 3.63) is 0 Å². The van der Waals surface area contributed by atoms with Crippen molar-refractivity contribution in [1.29, 1.82) is 0 Å². The van der Waals surface area contributed by atoms with Gasteiger partial charge in [0.25, 0.3) is 0 Å². The van der Waals surface area contributed by atoms with E-state index >= 15 is 0 Å². The SMILES string of the molecule is CC.CC.C[C@@H](O)C(C)(C)C1(C)CCC1.C[C@H](O)C(C)(C)C1(C)CCC1. The Hall–Kier alpha value is -0.0800. The van der Waals surface area contributed by atoms with Crippen molar-refractivity contribution < 1.29 is 10.2 Å². The molecule has 160 valence electrons. The van der Waals surface area contributed by atoms with E-state index in [1.807, 2.05) is 41.5 Å². The van der Waals surface area contributed by atoms with Crippen LogP contribution in [0.1, 0.15) is 122 Å². The molecule has 2 aliphatic rings. The Bertz CT molecular complexity index is 322. The van der Waals surface area contributed by atoms with Crippen molar-refractivity contribution in [2.75, 3.05) is 0 Å². The number of hydrogen-bond acceptors (Lipinski definition) is 2. The fourth-order valence-corrected chi connectivity index (χ4v) is 3.71. The second-order valence-electron chi connectivity index (χ2n) is 9.62. The molecule has 0 unspecified atom stereocenters. The third-order valence-corrected chi connectivity index (χ3v) is 8.11. The Kier molecular flexibility index (Phi) is 12.0. The quantitative estimate of drug-likeness (QED) is 0.547. The zero-order valence-electron chi connectivity index (χ0n) is 20.3. The zero-order chi connectivity index (χ0) is 21.4. The highest BCUT2D eigenvalue weighted by atomic mass is 16.3. The lowest BCUT2D eigenvalue weighted by molar-refractivity contribution is -0.0788. The average molecular weight is 373 g/mol. The van der Waals surface area contributed by atoms with Gasteiger partial charge in [-0.2, -0.15) is 0 Å². The van der Waals surface area contributed by atoms with Crippen LogP contribution in [0.4, 0.5) is 0 Å². The second kappa shape index (κ2) is 11.1. The summed E-state index contributed by atoms with van der Waals surface area (Å²) in [6, 6.07) is 0. The topological polar surface area (TPSA) is 40.5 Å². The largest absolute Gasteiger partial charge is 0.393 e. The molecule has 2 N–H and O–H groups in total. The van der Waals surface area contributed by atoms with Crippen molar-refractivity contribution in [3.8, 4) is 0 Å². The smallest absolute Gasteiger partial charge is 0.0568 e. The molecular weight excluding hydrogens is 320 g/mol. The molecule has 0 aromatic heterocycles. The van der Waals surface area contributed by atoms with Crippen LogP contribution < -0.4 is 0 Å². The Morgan fingerprint density at radius 1 is 0.615 bits per heavy atom. The van der Waals surface area contributed by atoms with E-state index in [1.54, 1.807) is 0 Å². The predicted molar refractivity (Wildman–Crippen MR) is 118 cm³/mol. The summed E-state index contributed by atoms with van der Waals surface area (Å²) in [5.74, 6) is 0. The van der Waals surface area contributed by atoms with Crippen LogP contribution in [0.25, 0.3) is 0 Å². The van der Waals surface area contributed by atoms with Crippen LogP contribution in [-0.4, -0.2) is 22.4 Å². The molecule has 0 heterocycles. The van der Waals surface area contributed by atoms with Crippen molar-refractivity contribution in [2.45, 2.75) is 134 Å². The molecule has 2 rings (SSSR count). The van der Waals surface area contributed by atoms with E-state index < -0.39 is 0 Å². The van der Waals surface area contributed by atoms with Crippen LogP contribution in [0.15, 0.2) is 0 Å². The predicted octanol–water partition coefficient (Wildman–Crippen LogP) is 7.22. The molecular formula is C24H52O2. The minimum absolute atomic E-state index is 0.0885. The molecule has 0 amide bonds. The van der Waals surface area contributed by atoms with Gasteiger partial charge in [0.2, 0.25) is 0 Å². The average Bonchev–Trinajstić information content (AvgIpc) is 2.54. The molecule has 2 atom stereocenters. The summed E-state index contributed by atoms with van der Waals surface area (Å²) in [5, 5.41) is 19.2. The molecule has 0 saturated heterocycles. The van der Waals surface area contributed by atoms with E-state index in [4.69, 9.17) is 0 Å². The molecule has 2 fully saturated rings. The molecule has 26 heavy (non-hydrogen) atoms. The first-order valence-corrected chi connectivity index (χ1v) is 11.2. The van der Waals surface area contributed by atoms with E-state index in [0.717, 1.165) is 0 Å². The number of aliphatic hydroxyl groups excluding tert-OH is 2. The summed E-state index contributed by atoms with van der Waals surface area (Å²) in [5.41, 5.74) is 0.957. The van der Waals surface area contributed by atoms with Gasteiger partial charge in [-0.05, 0) is 61.2 Å². The molecule has 0 spiro atoms. The molecule has 0 radical (unpaired) electrons. The maximum atomic E-state index is 9.58. The molecule has 0 aliphatic heterocycles. The van der Waals surface area contributed by atoms with Crippen molar-refractivity contribution in [3.63, 3.8) is 0 Å². The number of aliphatic hydroxyl groups is 2. The first-order chi connectivity index (χ1) is 11.8. The first kappa shape index (κ1) is 28.1. The fraction of sp³-hybridized carbons (Fsp3) is 1.00. The minimum atomic E-state index is -0.187. The molecule has 2 nitrogen and oxygen atoms in total. The normalized spacial score (nSPS) is 22.4. The van der Waals surface area contributed by atoms with Gasteiger partial charge in [0, 0.05) is 0 Å². The molecule has 0 aromatic carbocycles. The maximum Gasteiger partial charge on any atom is 0.0568 e. The van der Waals surface area contributed by atoms with E-state index in [1.165, 1.54) is 38.5 Å². The minimum Gasteiger partial charge on any atom is -0.393 e. The van der Waals surface area contributed by atoms with Gasteiger partial charge < -0.3 is 10.2 Å². The highest BCUT2D eigenvalue weighted by Crippen LogP contribution is 2.55. The van der Waals surface area contributed by atoms with Crippen LogP contribution in [-0.2, 0) is 0 Å². The van der Waals surface area contributed by atoms with Crippen LogP contribution >= 0.6 is 0 Å². The highest BCUT2D eigenvalue weighted by molar-refractivity contribution is 4.98. The van der Waals surface area contributed by atoms with Crippen molar-refractivity contribution in [1.82, 2.24) is 0 Å².